The molecule has 2 unspecified atom stereocenters. The SMILES string of the molecule is CCCCCCC(=O)NC(C(=O)Nc1nnc(-c2cccc(OC)c2)s1)C(C)CC. The van der Waals surface area contributed by atoms with E-state index in [1.165, 1.54) is 11.3 Å². The van der Waals surface area contributed by atoms with Gasteiger partial charge in [0.05, 0.1) is 7.11 Å². The normalized spacial score (nSPS) is 12.8. The van der Waals surface area contributed by atoms with Crippen molar-refractivity contribution in [3.05, 3.63) is 24.3 Å². The standard InChI is InChI=1S/C22H32N4O3S/c1-5-7-8-9-13-18(27)23-19(15(3)6-2)20(28)24-22-26-25-21(30-22)16-11-10-12-17(14-16)29-4/h10-12,14-15,19H,5-9,13H2,1-4H3,(H,23,27)(H,24,26,28). The molecule has 1 aromatic heterocycles. The summed E-state index contributed by atoms with van der Waals surface area (Å²) < 4.78 is 5.24. The Kier molecular flexibility index (Phi) is 9.73. The fourth-order valence-electron chi connectivity index (χ4n) is 2.99. The molecule has 0 aliphatic rings. The van der Waals surface area contributed by atoms with E-state index in [1.54, 1.807) is 7.11 Å². The smallest absolute Gasteiger partial charge is 0.249 e. The van der Waals surface area contributed by atoms with Crippen LogP contribution in [-0.2, 0) is 9.59 Å². The van der Waals surface area contributed by atoms with E-state index in [0.29, 0.717) is 16.6 Å². The first-order chi connectivity index (χ1) is 14.5. The number of carbonyl (C=O) groups is 2. The van der Waals surface area contributed by atoms with Crippen molar-refractivity contribution in [2.24, 2.45) is 5.92 Å². The zero-order chi connectivity index (χ0) is 21.9. The number of unbranched alkanes of at least 4 members (excludes halogenated alkanes) is 3. The van der Waals surface area contributed by atoms with Gasteiger partial charge in [0, 0.05) is 12.0 Å². The number of hydrogen-bond donors (Lipinski definition) is 2. The van der Waals surface area contributed by atoms with Gasteiger partial charge < -0.3 is 10.1 Å². The van der Waals surface area contributed by atoms with Crippen molar-refractivity contribution in [2.75, 3.05) is 12.4 Å². The molecule has 0 bridgehead atoms. The van der Waals surface area contributed by atoms with Crippen molar-refractivity contribution >= 4 is 28.3 Å². The topological polar surface area (TPSA) is 93.2 Å². The van der Waals surface area contributed by atoms with Crippen LogP contribution in [0.2, 0.25) is 0 Å². The molecule has 2 N–H and O–H groups in total. The van der Waals surface area contributed by atoms with Crippen molar-refractivity contribution in [3.63, 3.8) is 0 Å². The number of anilines is 1. The van der Waals surface area contributed by atoms with Crippen LogP contribution in [0, 0.1) is 5.92 Å². The van der Waals surface area contributed by atoms with Gasteiger partial charge in [-0.2, -0.15) is 0 Å². The molecule has 2 amide bonds. The highest BCUT2D eigenvalue weighted by Crippen LogP contribution is 2.29. The summed E-state index contributed by atoms with van der Waals surface area (Å²) in [7, 11) is 1.61. The highest BCUT2D eigenvalue weighted by Gasteiger charge is 2.26. The minimum absolute atomic E-state index is 0.00960. The van der Waals surface area contributed by atoms with Gasteiger partial charge in [-0.25, -0.2) is 0 Å². The average molecular weight is 433 g/mol. The van der Waals surface area contributed by atoms with Crippen LogP contribution in [0.3, 0.4) is 0 Å². The van der Waals surface area contributed by atoms with Crippen LogP contribution >= 0.6 is 11.3 Å². The first kappa shape index (κ1) is 23.8. The fraction of sp³-hybridized carbons (Fsp3) is 0.545. The van der Waals surface area contributed by atoms with Gasteiger partial charge in [-0.1, -0.05) is 69.9 Å². The Labute approximate surface area is 182 Å². The van der Waals surface area contributed by atoms with Gasteiger partial charge in [-0.05, 0) is 24.5 Å². The summed E-state index contributed by atoms with van der Waals surface area (Å²) in [5.41, 5.74) is 0.867. The van der Waals surface area contributed by atoms with Crippen molar-refractivity contribution in [1.82, 2.24) is 15.5 Å². The van der Waals surface area contributed by atoms with Crippen molar-refractivity contribution < 1.29 is 14.3 Å². The molecule has 0 radical (unpaired) electrons. The molecule has 1 aromatic carbocycles. The summed E-state index contributed by atoms with van der Waals surface area (Å²) in [6, 6.07) is 6.91. The number of aromatic nitrogens is 2. The third-order valence-electron chi connectivity index (χ3n) is 5.04. The van der Waals surface area contributed by atoms with Crippen molar-refractivity contribution in [1.29, 1.82) is 0 Å². The predicted molar refractivity (Wildman–Crippen MR) is 121 cm³/mol. The molecular formula is C22H32N4O3S. The second-order valence-corrected chi connectivity index (χ2v) is 8.35. The van der Waals surface area contributed by atoms with Gasteiger partial charge in [0.1, 0.15) is 16.8 Å². The van der Waals surface area contributed by atoms with E-state index in [1.807, 2.05) is 38.1 Å². The molecular weight excluding hydrogens is 400 g/mol. The molecule has 2 rings (SSSR count). The number of nitrogens with one attached hydrogen (secondary N) is 2. The second kappa shape index (κ2) is 12.3. The first-order valence-corrected chi connectivity index (χ1v) is 11.4. The maximum Gasteiger partial charge on any atom is 0.249 e. The minimum Gasteiger partial charge on any atom is -0.497 e. The molecule has 0 spiro atoms. The van der Waals surface area contributed by atoms with Gasteiger partial charge >= 0.3 is 0 Å². The largest absolute Gasteiger partial charge is 0.497 e. The zero-order valence-corrected chi connectivity index (χ0v) is 19.1. The van der Waals surface area contributed by atoms with E-state index in [4.69, 9.17) is 4.74 Å². The van der Waals surface area contributed by atoms with Crippen LogP contribution in [0.1, 0.15) is 59.3 Å². The van der Waals surface area contributed by atoms with Crippen LogP contribution in [0.5, 0.6) is 5.75 Å². The highest BCUT2D eigenvalue weighted by atomic mass is 32.1. The minimum atomic E-state index is -0.599. The molecule has 30 heavy (non-hydrogen) atoms. The van der Waals surface area contributed by atoms with E-state index in [0.717, 1.165) is 43.4 Å². The number of ether oxygens (including phenoxy) is 1. The number of nitrogens with zero attached hydrogens (tertiary/aromatic N) is 2. The summed E-state index contributed by atoms with van der Waals surface area (Å²) in [6.45, 7) is 6.10. The van der Waals surface area contributed by atoms with Crippen LogP contribution in [0.15, 0.2) is 24.3 Å². The predicted octanol–water partition coefficient (Wildman–Crippen LogP) is 4.65. The second-order valence-electron chi connectivity index (χ2n) is 7.37. The molecule has 0 saturated heterocycles. The lowest BCUT2D eigenvalue weighted by Crippen LogP contribution is -2.47. The lowest BCUT2D eigenvalue weighted by atomic mass is 9.98. The highest BCUT2D eigenvalue weighted by molar-refractivity contribution is 7.18. The number of benzene rings is 1. The first-order valence-electron chi connectivity index (χ1n) is 10.6. The molecule has 7 nitrogen and oxygen atoms in total. The summed E-state index contributed by atoms with van der Waals surface area (Å²) >= 11 is 1.29. The fourth-order valence-corrected chi connectivity index (χ4v) is 3.73. The monoisotopic (exact) mass is 432 g/mol. The Morgan fingerprint density at radius 1 is 1.17 bits per heavy atom. The molecule has 0 fully saturated rings. The van der Waals surface area contributed by atoms with Gasteiger partial charge in [0.25, 0.3) is 0 Å². The molecule has 164 valence electrons. The third kappa shape index (κ3) is 7.09. The molecule has 2 aromatic rings. The number of amides is 2. The van der Waals surface area contributed by atoms with Crippen molar-refractivity contribution in [2.45, 2.75) is 65.3 Å². The molecule has 2 atom stereocenters. The zero-order valence-electron chi connectivity index (χ0n) is 18.2. The maximum absolute atomic E-state index is 12.9. The summed E-state index contributed by atoms with van der Waals surface area (Å²) in [4.78, 5) is 25.2. The lowest BCUT2D eigenvalue weighted by molar-refractivity contribution is -0.127. The Morgan fingerprint density at radius 3 is 2.67 bits per heavy atom. The van der Waals surface area contributed by atoms with Gasteiger partial charge in [0.2, 0.25) is 16.9 Å². The average Bonchev–Trinajstić information content (AvgIpc) is 3.23. The summed E-state index contributed by atoms with van der Waals surface area (Å²) in [5, 5.41) is 15.1. The van der Waals surface area contributed by atoms with E-state index in [2.05, 4.69) is 27.8 Å². The van der Waals surface area contributed by atoms with Crippen molar-refractivity contribution in [3.8, 4) is 16.3 Å². The van der Waals surface area contributed by atoms with Gasteiger partial charge in [-0.15, -0.1) is 10.2 Å². The molecule has 8 heteroatoms. The van der Waals surface area contributed by atoms with Gasteiger partial charge in [-0.3, -0.25) is 14.9 Å². The Bertz CT molecular complexity index is 824. The summed E-state index contributed by atoms with van der Waals surface area (Å²) in [6.07, 6.45) is 5.34. The Balaban J connectivity index is 2.01. The number of methoxy groups -OCH3 is 1. The van der Waals surface area contributed by atoms with E-state index in [-0.39, 0.29) is 17.7 Å². The van der Waals surface area contributed by atoms with Gasteiger partial charge in [0.15, 0.2) is 0 Å². The Hall–Kier alpha value is -2.48. The molecule has 1 heterocycles. The quantitative estimate of drug-likeness (QED) is 0.476. The number of rotatable bonds is 12. The Morgan fingerprint density at radius 2 is 1.97 bits per heavy atom. The summed E-state index contributed by atoms with van der Waals surface area (Å²) in [5.74, 6) is 0.391. The van der Waals surface area contributed by atoms with Crippen LogP contribution in [0.25, 0.3) is 10.6 Å². The van der Waals surface area contributed by atoms with Crippen LogP contribution in [-0.4, -0.2) is 35.2 Å². The number of hydrogen-bond acceptors (Lipinski definition) is 6. The van der Waals surface area contributed by atoms with E-state index in [9.17, 15) is 9.59 Å². The number of carbonyl (C=O) groups excluding carboxylic acids is 2. The van der Waals surface area contributed by atoms with Crippen LogP contribution in [0.4, 0.5) is 5.13 Å². The lowest BCUT2D eigenvalue weighted by Gasteiger charge is -2.23. The molecule has 0 saturated carbocycles. The van der Waals surface area contributed by atoms with E-state index >= 15 is 0 Å². The molecule has 0 aliphatic heterocycles. The van der Waals surface area contributed by atoms with Crippen LogP contribution < -0.4 is 15.4 Å². The molecule has 0 aliphatic carbocycles. The van der Waals surface area contributed by atoms with E-state index < -0.39 is 6.04 Å². The maximum atomic E-state index is 12.9. The third-order valence-corrected chi connectivity index (χ3v) is 5.93.